The molecule has 5 nitrogen and oxygen atoms in total. The van der Waals surface area contributed by atoms with Gasteiger partial charge in [-0.15, -0.1) is 0 Å². The largest absolute Gasteiger partial charge is 0.493 e. The molecule has 0 radical (unpaired) electrons. The first-order chi connectivity index (χ1) is 10.6. The van der Waals surface area contributed by atoms with Gasteiger partial charge in [-0.25, -0.2) is 0 Å². The second-order valence-corrected chi connectivity index (χ2v) is 6.25. The van der Waals surface area contributed by atoms with Gasteiger partial charge in [0.2, 0.25) is 5.91 Å². The normalized spacial score (nSPS) is 20.6. The Morgan fingerprint density at radius 1 is 1.05 bits per heavy atom. The first-order valence-corrected chi connectivity index (χ1v) is 7.81. The van der Waals surface area contributed by atoms with Gasteiger partial charge in [0.05, 0.1) is 19.6 Å². The van der Waals surface area contributed by atoms with E-state index in [9.17, 15) is 4.79 Å². The number of piperazine rings is 1. The first-order valence-electron chi connectivity index (χ1n) is 7.81. The number of hydrogen-bond acceptors (Lipinski definition) is 4. The predicted octanol–water partition coefficient (Wildman–Crippen LogP) is 1.51. The van der Waals surface area contributed by atoms with Gasteiger partial charge in [-0.2, -0.15) is 0 Å². The number of methoxy groups -OCH3 is 2. The van der Waals surface area contributed by atoms with Crippen molar-refractivity contribution in [3.63, 3.8) is 0 Å². The van der Waals surface area contributed by atoms with Crippen molar-refractivity contribution in [2.24, 2.45) is 0 Å². The van der Waals surface area contributed by atoms with Crippen LogP contribution in [0.1, 0.15) is 18.4 Å². The van der Waals surface area contributed by atoms with Gasteiger partial charge < -0.3 is 19.3 Å². The molecule has 1 saturated carbocycles. The Balaban J connectivity index is 1.82. The lowest BCUT2D eigenvalue weighted by molar-refractivity contribution is -0.135. The predicted molar refractivity (Wildman–Crippen MR) is 84.5 cm³/mol. The van der Waals surface area contributed by atoms with E-state index in [2.05, 4.69) is 11.9 Å². The number of amides is 1. The van der Waals surface area contributed by atoms with Crippen LogP contribution in [-0.4, -0.2) is 63.2 Å². The highest BCUT2D eigenvalue weighted by molar-refractivity contribution is 5.91. The standard InChI is InChI=1S/C17H24N2O3/c1-18-8-10-19(11-9-18)16(20)17(6-7-17)13-4-5-14(21-2)15(12-13)22-3/h4-5,12H,6-11H2,1-3H3. The summed E-state index contributed by atoms with van der Waals surface area (Å²) in [6, 6.07) is 5.85. The zero-order chi connectivity index (χ0) is 15.7. The zero-order valence-electron chi connectivity index (χ0n) is 13.6. The van der Waals surface area contributed by atoms with Crippen molar-refractivity contribution < 1.29 is 14.3 Å². The van der Waals surface area contributed by atoms with Crippen molar-refractivity contribution in [1.82, 2.24) is 9.80 Å². The number of rotatable bonds is 4. The van der Waals surface area contributed by atoms with E-state index >= 15 is 0 Å². The Morgan fingerprint density at radius 3 is 2.23 bits per heavy atom. The molecular weight excluding hydrogens is 280 g/mol. The molecule has 120 valence electrons. The van der Waals surface area contributed by atoms with Crippen LogP contribution in [-0.2, 0) is 10.2 Å². The van der Waals surface area contributed by atoms with Crippen molar-refractivity contribution in [1.29, 1.82) is 0 Å². The molecule has 1 aliphatic heterocycles. The number of carbonyl (C=O) groups is 1. The number of hydrogen-bond donors (Lipinski definition) is 0. The van der Waals surface area contributed by atoms with Crippen LogP contribution in [0.15, 0.2) is 18.2 Å². The molecule has 0 N–H and O–H groups in total. The second kappa shape index (κ2) is 5.80. The average Bonchev–Trinajstić information content (AvgIpc) is 3.36. The molecule has 0 aromatic heterocycles. The van der Waals surface area contributed by atoms with E-state index in [-0.39, 0.29) is 11.3 Å². The summed E-state index contributed by atoms with van der Waals surface area (Å²) in [6.07, 6.45) is 1.85. The molecule has 3 rings (SSSR count). The molecule has 1 saturated heterocycles. The zero-order valence-corrected chi connectivity index (χ0v) is 13.6. The number of nitrogens with zero attached hydrogens (tertiary/aromatic N) is 2. The Hall–Kier alpha value is -1.75. The highest BCUT2D eigenvalue weighted by Crippen LogP contribution is 2.51. The van der Waals surface area contributed by atoms with Gasteiger partial charge in [0.25, 0.3) is 0 Å². The van der Waals surface area contributed by atoms with Crippen LogP contribution in [0.5, 0.6) is 11.5 Å². The molecule has 0 atom stereocenters. The maximum atomic E-state index is 13.0. The van der Waals surface area contributed by atoms with Gasteiger partial charge in [0, 0.05) is 26.2 Å². The van der Waals surface area contributed by atoms with E-state index < -0.39 is 0 Å². The van der Waals surface area contributed by atoms with Gasteiger partial charge in [-0.1, -0.05) is 6.07 Å². The summed E-state index contributed by atoms with van der Waals surface area (Å²) in [7, 11) is 5.35. The van der Waals surface area contributed by atoms with E-state index in [4.69, 9.17) is 9.47 Å². The molecule has 5 heteroatoms. The average molecular weight is 304 g/mol. The van der Waals surface area contributed by atoms with Crippen LogP contribution in [0.3, 0.4) is 0 Å². The molecule has 1 aromatic carbocycles. The molecule has 2 aliphatic rings. The molecule has 1 heterocycles. The fourth-order valence-electron chi connectivity index (χ4n) is 3.20. The molecule has 0 bridgehead atoms. The monoisotopic (exact) mass is 304 g/mol. The minimum atomic E-state index is -0.338. The van der Waals surface area contributed by atoms with E-state index in [1.165, 1.54) is 0 Å². The number of benzene rings is 1. The number of ether oxygens (including phenoxy) is 2. The van der Waals surface area contributed by atoms with Gasteiger partial charge in [0.15, 0.2) is 11.5 Å². The Labute approximate surface area is 131 Å². The fourth-order valence-corrected chi connectivity index (χ4v) is 3.20. The quantitative estimate of drug-likeness (QED) is 0.845. The smallest absolute Gasteiger partial charge is 0.233 e. The van der Waals surface area contributed by atoms with Crippen LogP contribution in [0.2, 0.25) is 0 Å². The topological polar surface area (TPSA) is 42.0 Å². The summed E-state index contributed by atoms with van der Waals surface area (Å²) in [5.41, 5.74) is 0.712. The van der Waals surface area contributed by atoms with Crippen LogP contribution in [0, 0.1) is 0 Å². The van der Waals surface area contributed by atoms with E-state index in [0.717, 1.165) is 44.6 Å². The van der Waals surface area contributed by atoms with Crippen molar-refractivity contribution in [2.45, 2.75) is 18.3 Å². The Bertz CT molecular complexity index is 561. The summed E-state index contributed by atoms with van der Waals surface area (Å²) in [6.45, 7) is 3.55. The van der Waals surface area contributed by atoms with Crippen LogP contribution < -0.4 is 9.47 Å². The molecule has 0 unspecified atom stereocenters. The maximum absolute atomic E-state index is 13.0. The molecule has 1 amide bonds. The van der Waals surface area contributed by atoms with Crippen molar-refractivity contribution >= 4 is 5.91 Å². The molecule has 22 heavy (non-hydrogen) atoms. The molecule has 1 aromatic rings. The van der Waals surface area contributed by atoms with E-state index in [0.29, 0.717) is 11.5 Å². The van der Waals surface area contributed by atoms with Gasteiger partial charge in [-0.05, 0) is 37.6 Å². The third-order valence-electron chi connectivity index (χ3n) is 4.89. The summed E-state index contributed by atoms with van der Waals surface area (Å²) in [4.78, 5) is 17.3. The number of likely N-dealkylation sites (N-methyl/N-ethyl adjacent to an activating group) is 1. The van der Waals surface area contributed by atoms with E-state index in [1.54, 1.807) is 14.2 Å². The van der Waals surface area contributed by atoms with Crippen LogP contribution in [0.4, 0.5) is 0 Å². The Kier molecular flexibility index (Phi) is 4.00. The molecular formula is C17H24N2O3. The van der Waals surface area contributed by atoms with Gasteiger partial charge >= 0.3 is 0 Å². The van der Waals surface area contributed by atoms with Crippen LogP contribution >= 0.6 is 0 Å². The SMILES string of the molecule is COc1ccc(C2(C(=O)N3CCN(C)CC3)CC2)cc1OC. The first kappa shape index (κ1) is 15.2. The minimum Gasteiger partial charge on any atom is -0.493 e. The lowest BCUT2D eigenvalue weighted by Crippen LogP contribution is -2.50. The maximum Gasteiger partial charge on any atom is 0.233 e. The van der Waals surface area contributed by atoms with Gasteiger partial charge in [-0.3, -0.25) is 4.79 Å². The third kappa shape index (κ3) is 2.54. The second-order valence-electron chi connectivity index (χ2n) is 6.25. The van der Waals surface area contributed by atoms with Gasteiger partial charge in [0.1, 0.15) is 0 Å². The van der Waals surface area contributed by atoms with Crippen LogP contribution in [0.25, 0.3) is 0 Å². The van der Waals surface area contributed by atoms with Crippen molar-refractivity contribution in [3.05, 3.63) is 23.8 Å². The molecule has 1 aliphatic carbocycles. The number of carbonyl (C=O) groups excluding carboxylic acids is 1. The molecule has 0 spiro atoms. The summed E-state index contributed by atoms with van der Waals surface area (Å²) < 4.78 is 10.7. The summed E-state index contributed by atoms with van der Waals surface area (Å²) in [5, 5.41) is 0. The molecule has 2 fully saturated rings. The Morgan fingerprint density at radius 2 is 1.68 bits per heavy atom. The third-order valence-corrected chi connectivity index (χ3v) is 4.89. The van der Waals surface area contributed by atoms with Crippen molar-refractivity contribution in [2.75, 3.05) is 47.4 Å². The van der Waals surface area contributed by atoms with E-state index in [1.807, 2.05) is 23.1 Å². The lowest BCUT2D eigenvalue weighted by Gasteiger charge is -2.35. The highest BCUT2D eigenvalue weighted by Gasteiger charge is 2.53. The van der Waals surface area contributed by atoms with Crippen molar-refractivity contribution in [3.8, 4) is 11.5 Å². The highest BCUT2D eigenvalue weighted by atomic mass is 16.5. The fraction of sp³-hybridized carbons (Fsp3) is 0.588. The lowest BCUT2D eigenvalue weighted by atomic mass is 9.93. The summed E-state index contributed by atoms with van der Waals surface area (Å²) >= 11 is 0. The summed E-state index contributed by atoms with van der Waals surface area (Å²) in [5.74, 6) is 1.67. The minimum absolute atomic E-state index is 0.271.